The van der Waals surface area contributed by atoms with Gasteiger partial charge in [-0.25, -0.2) is 9.97 Å². The summed E-state index contributed by atoms with van der Waals surface area (Å²) in [7, 11) is -3.41. The molecular formula is C20H30N6O2S. The van der Waals surface area contributed by atoms with Gasteiger partial charge in [0.1, 0.15) is 0 Å². The number of aromatic nitrogens is 3. The standard InChI is InChI=1S/C20H30N6O2S/c1-5-25(6-2)29(27,28)26-11-7-8-17(14-26)19-10-9-18(13-21-19)24-20-22-15(3)12-16(4)23-20/h9-10,12-13,17H,5-8,11,14H2,1-4H3,(H,22,23,24)/t17-/m1/s1. The monoisotopic (exact) mass is 418 g/mol. The third kappa shape index (κ3) is 5.09. The van der Waals surface area contributed by atoms with Gasteiger partial charge in [-0.3, -0.25) is 4.98 Å². The number of pyridine rings is 1. The summed E-state index contributed by atoms with van der Waals surface area (Å²) in [5, 5.41) is 3.18. The fourth-order valence-corrected chi connectivity index (χ4v) is 5.45. The van der Waals surface area contributed by atoms with Gasteiger partial charge < -0.3 is 5.32 Å². The van der Waals surface area contributed by atoms with Gasteiger partial charge in [-0.2, -0.15) is 17.0 Å². The van der Waals surface area contributed by atoms with Crippen molar-refractivity contribution in [3.63, 3.8) is 0 Å². The summed E-state index contributed by atoms with van der Waals surface area (Å²) < 4.78 is 28.8. The summed E-state index contributed by atoms with van der Waals surface area (Å²) in [5.74, 6) is 0.645. The molecule has 0 unspecified atom stereocenters. The minimum absolute atomic E-state index is 0.0978. The highest BCUT2D eigenvalue weighted by Gasteiger charge is 2.33. The van der Waals surface area contributed by atoms with Gasteiger partial charge in [-0.1, -0.05) is 13.8 Å². The van der Waals surface area contributed by atoms with E-state index in [1.165, 1.54) is 4.31 Å². The Hall–Kier alpha value is -2.10. The summed E-state index contributed by atoms with van der Waals surface area (Å²) in [6.07, 6.45) is 3.53. The van der Waals surface area contributed by atoms with Crippen LogP contribution in [0.2, 0.25) is 0 Å². The van der Waals surface area contributed by atoms with Crippen LogP contribution in [0.3, 0.4) is 0 Å². The minimum atomic E-state index is -3.41. The predicted molar refractivity (Wildman–Crippen MR) is 114 cm³/mol. The second-order valence-electron chi connectivity index (χ2n) is 7.36. The molecular weight excluding hydrogens is 388 g/mol. The highest BCUT2D eigenvalue weighted by molar-refractivity contribution is 7.86. The van der Waals surface area contributed by atoms with Gasteiger partial charge in [0.25, 0.3) is 10.2 Å². The van der Waals surface area contributed by atoms with Crippen molar-refractivity contribution in [1.29, 1.82) is 0 Å². The van der Waals surface area contributed by atoms with Crippen molar-refractivity contribution in [1.82, 2.24) is 23.6 Å². The number of nitrogens with zero attached hydrogens (tertiary/aromatic N) is 5. The predicted octanol–water partition coefficient (Wildman–Crippen LogP) is 3.00. The van der Waals surface area contributed by atoms with E-state index in [1.807, 2.05) is 45.9 Å². The fourth-order valence-electron chi connectivity index (χ4n) is 3.74. The lowest BCUT2D eigenvalue weighted by molar-refractivity contribution is 0.285. The first-order valence-electron chi connectivity index (χ1n) is 10.1. The first kappa shape index (κ1) is 21.6. The Balaban J connectivity index is 1.71. The fraction of sp³-hybridized carbons (Fsp3) is 0.550. The van der Waals surface area contributed by atoms with E-state index in [1.54, 1.807) is 10.5 Å². The number of rotatable bonds is 7. The zero-order valence-corrected chi connectivity index (χ0v) is 18.4. The molecule has 1 aliphatic heterocycles. The van der Waals surface area contributed by atoms with E-state index >= 15 is 0 Å². The van der Waals surface area contributed by atoms with Gasteiger partial charge in [0.15, 0.2) is 0 Å². The molecule has 0 amide bonds. The largest absolute Gasteiger partial charge is 0.323 e. The number of nitrogens with one attached hydrogen (secondary N) is 1. The number of aryl methyl sites for hydroxylation is 2. The molecule has 0 radical (unpaired) electrons. The van der Waals surface area contributed by atoms with Crippen molar-refractivity contribution in [2.75, 3.05) is 31.5 Å². The first-order valence-corrected chi connectivity index (χ1v) is 11.5. The molecule has 0 aromatic carbocycles. The van der Waals surface area contributed by atoms with Crippen LogP contribution in [0.25, 0.3) is 0 Å². The van der Waals surface area contributed by atoms with Crippen LogP contribution < -0.4 is 5.32 Å². The maximum Gasteiger partial charge on any atom is 0.281 e. The highest BCUT2D eigenvalue weighted by atomic mass is 32.2. The Kier molecular flexibility index (Phi) is 6.81. The lowest BCUT2D eigenvalue weighted by Crippen LogP contribution is -2.47. The quantitative estimate of drug-likeness (QED) is 0.743. The molecule has 3 heterocycles. The molecule has 0 bridgehead atoms. The van der Waals surface area contributed by atoms with Crippen LogP contribution in [0, 0.1) is 13.8 Å². The van der Waals surface area contributed by atoms with Gasteiger partial charge in [0.05, 0.1) is 11.9 Å². The van der Waals surface area contributed by atoms with Crippen LogP contribution in [0.1, 0.15) is 49.7 Å². The Bertz CT molecular complexity index is 908. The highest BCUT2D eigenvalue weighted by Crippen LogP contribution is 2.28. The SMILES string of the molecule is CCN(CC)S(=O)(=O)N1CCC[C@@H](c2ccc(Nc3nc(C)cc(C)n3)cn2)C1. The summed E-state index contributed by atoms with van der Waals surface area (Å²) in [6, 6.07) is 5.83. The molecule has 1 N–H and O–H groups in total. The lowest BCUT2D eigenvalue weighted by Gasteiger charge is -2.34. The van der Waals surface area contributed by atoms with Crippen LogP contribution in [-0.4, -0.2) is 58.2 Å². The Labute approximate surface area is 173 Å². The van der Waals surface area contributed by atoms with E-state index in [9.17, 15) is 8.42 Å². The van der Waals surface area contributed by atoms with Gasteiger partial charge in [-0.15, -0.1) is 0 Å². The average molecular weight is 419 g/mol. The van der Waals surface area contributed by atoms with Crippen LogP contribution in [-0.2, 0) is 10.2 Å². The van der Waals surface area contributed by atoms with Crippen molar-refractivity contribution in [3.05, 3.63) is 41.5 Å². The Morgan fingerprint density at radius 2 is 1.86 bits per heavy atom. The molecule has 2 aromatic heterocycles. The van der Waals surface area contributed by atoms with Gasteiger partial charge in [0, 0.05) is 49.2 Å². The maximum absolute atomic E-state index is 12.8. The Morgan fingerprint density at radius 1 is 1.17 bits per heavy atom. The number of anilines is 2. The molecule has 0 saturated carbocycles. The van der Waals surface area contributed by atoms with Crippen LogP contribution in [0.5, 0.6) is 0 Å². The number of hydrogen-bond acceptors (Lipinski definition) is 6. The summed E-state index contributed by atoms with van der Waals surface area (Å²) in [6.45, 7) is 9.62. The molecule has 158 valence electrons. The molecule has 29 heavy (non-hydrogen) atoms. The smallest absolute Gasteiger partial charge is 0.281 e. The Morgan fingerprint density at radius 3 is 2.45 bits per heavy atom. The molecule has 1 saturated heterocycles. The van der Waals surface area contributed by atoms with E-state index in [-0.39, 0.29) is 5.92 Å². The van der Waals surface area contributed by atoms with Crippen molar-refractivity contribution in [3.8, 4) is 0 Å². The van der Waals surface area contributed by atoms with Crippen LogP contribution in [0.4, 0.5) is 11.6 Å². The molecule has 9 heteroatoms. The van der Waals surface area contributed by atoms with E-state index < -0.39 is 10.2 Å². The number of hydrogen-bond donors (Lipinski definition) is 1. The molecule has 0 aliphatic carbocycles. The van der Waals surface area contributed by atoms with E-state index in [2.05, 4.69) is 20.3 Å². The van der Waals surface area contributed by atoms with Gasteiger partial charge >= 0.3 is 0 Å². The summed E-state index contributed by atoms with van der Waals surface area (Å²) in [4.78, 5) is 13.4. The molecule has 1 atom stereocenters. The molecule has 1 fully saturated rings. The second kappa shape index (κ2) is 9.15. The second-order valence-corrected chi connectivity index (χ2v) is 9.29. The third-order valence-corrected chi connectivity index (χ3v) is 7.34. The molecule has 1 aliphatic rings. The van der Waals surface area contributed by atoms with Crippen molar-refractivity contribution in [2.24, 2.45) is 0 Å². The summed E-state index contributed by atoms with van der Waals surface area (Å²) >= 11 is 0. The van der Waals surface area contributed by atoms with Crippen molar-refractivity contribution in [2.45, 2.75) is 46.5 Å². The normalized spacial score (nSPS) is 18.2. The van der Waals surface area contributed by atoms with Crippen LogP contribution >= 0.6 is 0 Å². The lowest BCUT2D eigenvalue weighted by atomic mass is 9.95. The zero-order valence-electron chi connectivity index (χ0n) is 17.6. The summed E-state index contributed by atoms with van der Waals surface area (Å²) in [5.41, 5.74) is 3.53. The van der Waals surface area contributed by atoms with Gasteiger partial charge in [0.2, 0.25) is 5.95 Å². The molecule has 0 spiro atoms. The zero-order chi connectivity index (χ0) is 21.0. The van der Waals surface area contributed by atoms with E-state index in [0.717, 1.165) is 35.6 Å². The van der Waals surface area contributed by atoms with Crippen LogP contribution in [0.15, 0.2) is 24.4 Å². The molecule has 2 aromatic rings. The minimum Gasteiger partial charge on any atom is -0.323 e. The van der Waals surface area contributed by atoms with Crippen molar-refractivity contribution >= 4 is 21.8 Å². The maximum atomic E-state index is 12.8. The van der Waals surface area contributed by atoms with Crippen molar-refractivity contribution < 1.29 is 8.42 Å². The average Bonchev–Trinajstić information content (AvgIpc) is 2.68. The van der Waals surface area contributed by atoms with E-state index in [4.69, 9.17) is 0 Å². The first-order chi connectivity index (χ1) is 13.8. The number of piperidine rings is 1. The van der Waals surface area contributed by atoms with Gasteiger partial charge in [-0.05, 0) is 44.9 Å². The third-order valence-electron chi connectivity index (χ3n) is 5.19. The molecule has 3 rings (SSSR count). The molecule has 8 nitrogen and oxygen atoms in total. The van der Waals surface area contributed by atoms with E-state index in [0.29, 0.717) is 32.1 Å². The topological polar surface area (TPSA) is 91.3 Å².